The first-order chi connectivity index (χ1) is 10.6. The van der Waals surface area contributed by atoms with Crippen LogP contribution < -0.4 is 5.32 Å². The van der Waals surface area contributed by atoms with Crippen LogP contribution in [0.4, 0.5) is 5.82 Å². The number of nitrogens with one attached hydrogen (secondary N) is 1. The highest BCUT2D eigenvalue weighted by atomic mass is 16.5. The van der Waals surface area contributed by atoms with Crippen LogP contribution in [0.2, 0.25) is 0 Å². The minimum absolute atomic E-state index is 0.0883. The van der Waals surface area contributed by atoms with E-state index in [1.54, 1.807) is 0 Å². The highest BCUT2D eigenvalue weighted by molar-refractivity contribution is 5.74. The van der Waals surface area contributed by atoms with Crippen molar-refractivity contribution in [2.24, 2.45) is 5.92 Å². The number of esters is 1. The van der Waals surface area contributed by atoms with Crippen LogP contribution in [0.25, 0.3) is 0 Å². The third kappa shape index (κ3) is 5.52. The quantitative estimate of drug-likeness (QED) is 0.796. The molecule has 5 nitrogen and oxygen atoms in total. The molecule has 116 valence electrons. The molecule has 0 saturated heterocycles. The van der Waals surface area contributed by atoms with Crippen LogP contribution in [0.1, 0.15) is 25.1 Å². The van der Waals surface area contributed by atoms with Crippen molar-refractivity contribution >= 4 is 11.8 Å². The molecule has 1 aromatic carbocycles. The van der Waals surface area contributed by atoms with Crippen molar-refractivity contribution in [1.29, 1.82) is 0 Å². The van der Waals surface area contributed by atoms with E-state index in [1.165, 1.54) is 6.33 Å². The molecule has 0 aliphatic carbocycles. The molecular weight excluding hydrogens is 278 g/mol. The van der Waals surface area contributed by atoms with Crippen molar-refractivity contribution in [2.45, 2.75) is 26.9 Å². The Bertz CT molecular complexity index is 600. The highest BCUT2D eigenvalue weighted by Crippen LogP contribution is 2.09. The molecule has 0 spiro atoms. The Morgan fingerprint density at radius 2 is 2.00 bits per heavy atom. The molecule has 5 heteroatoms. The lowest BCUT2D eigenvalue weighted by atomic mass is 10.1. The number of hydrogen-bond donors (Lipinski definition) is 1. The lowest BCUT2D eigenvalue weighted by molar-refractivity contribution is -0.142. The smallest absolute Gasteiger partial charge is 0.325 e. The number of nitrogens with zero attached hydrogens (tertiary/aromatic N) is 2. The molecule has 1 heterocycles. The van der Waals surface area contributed by atoms with Crippen molar-refractivity contribution < 1.29 is 9.53 Å². The minimum Gasteiger partial charge on any atom is -0.460 e. The van der Waals surface area contributed by atoms with Crippen LogP contribution in [-0.4, -0.2) is 22.5 Å². The maximum absolute atomic E-state index is 11.7. The molecule has 1 N–H and O–H groups in total. The van der Waals surface area contributed by atoms with E-state index in [0.717, 1.165) is 17.7 Å². The summed E-state index contributed by atoms with van der Waals surface area (Å²) in [6, 6.07) is 11.5. The molecule has 2 aromatic rings. The van der Waals surface area contributed by atoms with E-state index in [2.05, 4.69) is 29.1 Å². The van der Waals surface area contributed by atoms with Gasteiger partial charge in [-0.3, -0.25) is 4.79 Å². The first-order valence-corrected chi connectivity index (χ1v) is 7.38. The molecule has 22 heavy (non-hydrogen) atoms. The van der Waals surface area contributed by atoms with Gasteiger partial charge in [0.25, 0.3) is 0 Å². The number of aromatic nitrogens is 2. The Balaban J connectivity index is 1.78. The van der Waals surface area contributed by atoms with Gasteiger partial charge in [-0.15, -0.1) is 0 Å². The fourth-order valence-corrected chi connectivity index (χ4v) is 1.98. The van der Waals surface area contributed by atoms with Crippen LogP contribution in [0, 0.1) is 5.92 Å². The third-order valence-corrected chi connectivity index (χ3v) is 3.00. The Morgan fingerprint density at radius 3 is 2.73 bits per heavy atom. The Labute approximate surface area is 130 Å². The second-order valence-corrected chi connectivity index (χ2v) is 5.49. The van der Waals surface area contributed by atoms with E-state index in [0.29, 0.717) is 11.7 Å². The molecule has 2 rings (SSSR count). The second-order valence-electron chi connectivity index (χ2n) is 5.49. The van der Waals surface area contributed by atoms with Crippen molar-refractivity contribution in [3.05, 3.63) is 54.0 Å². The summed E-state index contributed by atoms with van der Waals surface area (Å²) in [5, 5.41) is 2.97. The number of anilines is 1. The van der Waals surface area contributed by atoms with E-state index in [9.17, 15) is 4.79 Å². The van der Waals surface area contributed by atoms with Gasteiger partial charge in [-0.05, 0) is 17.9 Å². The van der Waals surface area contributed by atoms with E-state index < -0.39 is 0 Å². The van der Waals surface area contributed by atoms with Crippen LogP contribution in [0.15, 0.2) is 42.7 Å². The molecule has 0 bridgehead atoms. The molecule has 0 amide bonds. The van der Waals surface area contributed by atoms with Gasteiger partial charge in [0.2, 0.25) is 0 Å². The zero-order chi connectivity index (χ0) is 15.8. The van der Waals surface area contributed by atoms with Crippen molar-refractivity contribution in [1.82, 2.24) is 9.97 Å². The first-order valence-electron chi connectivity index (χ1n) is 7.38. The van der Waals surface area contributed by atoms with Crippen LogP contribution in [0.5, 0.6) is 0 Å². The fraction of sp³-hybridized carbons (Fsp3) is 0.353. The number of benzene rings is 1. The summed E-state index contributed by atoms with van der Waals surface area (Å²) in [6.07, 6.45) is 2.39. The molecular formula is C17H21N3O2. The third-order valence-electron chi connectivity index (χ3n) is 3.00. The maximum atomic E-state index is 11.7. The number of carbonyl (C=O) groups excluding carboxylic acids is 1. The lowest BCUT2D eigenvalue weighted by Gasteiger charge is -2.08. The normalized spacial score (nSPS) is 10.5. The van der Waals surface area contributed by atoms with Gasteiger partial charge in [0.05, 0.1) is 0 Å². The molecule has 0 radical (unpaired) electrons. The maximum Gasteiger partial charge on any atom is 0.325 e. The van der Waals surface area contributed by atoms with E-state index >= 15 is 0 Å². The number of ether oxygens (including phenoxy) is 1. The summed E-state index contributed by atoms with van der Waals surface area (Å²) in [6.45, 7) is 4.64. The summed E-state index contributed by atoms with van der Waals surface area (Å²) in [5.74, 6) is 0.855. The predicted molar refractivity (Wildman–Crippen MR) is 85.3 cm³/mol. The average molecular weight is 299 g/mol. The summed E-state index contributed by atoms with van der Waals surface area (Å²) in [5.41, 5.74) is 1.93. The molecule has 0 aliphatic heterocycles. The van der Waals surface area contributed by atoms with Crippen molar-refractivity contribution in [3.63, 3.8) is 0 Å². The zero-order valence-electron chi connectivity index (χ0n) is 13.0. The summed E-state index contributed by atoms with van der Waals surface area (Å²) in [7, 11) is 0. The van der Waals surface area contributed by atoms with Gasteiger partial charge in [-0.25, -0.2) is 9.97 Å². The van der Waals surface area contributed by atoms with Crippen molar-refractivity contribution in [3.8, 4) is 0 Å². The minimum atomic E-state index is -0.312. The van der Waals surface area contributed by atoms with Gasteiger partial charge < -0.3 is 10.1 Å². The highest BCUT2D eigenvalue weighted by Gasteiger charge is 2.06. The van der Waals surface area contributed by atoms with Gasteiger partial charge in [-0.1, -0.05) is 44.2 Å². The lowest BCUT2D eigenvalue weighted by Crippen LogP contribution is -2.17. The number of hydrogen-bond acceptors (Lipinski definition) is 5. The average Bonchev–Trinajstić information content (AvgIpc) is 2.52. The van der Waals surface area contributed by atoms with E-state index in [1.807, 2.05) is 36.4 Å². The summed E-state index contributed by atoms with van der Waals surface area (Å²) in [4.78, 5) is 20.0. The Kier molecular flexibility index (Phi) is 5.89. The molecule has 0 atom stereocenters. The monoisotopic (exact) mass is 299 g/mol. The van der Waals surface area contributed by atoms with Gasteiger partial charge in [-0.2, -0.15) is 0 Å². The van der Waals surface area contributed by atoms with Crippen LogP contribution >= 0.6 is 0 Å². The summed E-state index contributed by atoms with van der Waals surface area (Å²) >= 11 is 0. The SMILES string of the molecule is CC(C)Cc1cc(NCC(=O)OCc2ccccc2)ncn1. The van der Waals surface area contributed by atoms with Gasteiger partial charge in [0, 0.05) is 11.8 Å². The standard InChI is InChI=1S/C17H21N3O2/c1-13(2)8-15-9-16(20-12-19-15)18-10-17(21)22-11-14-6-4-3-5-7-14/h3-7,9,12-13H,8,10-11H2,1-2H3,(H,18,19,20). The van der Waals surface area contributed by atoms with Crippen molar-refractivity contribution in [2.75, 3.05) is 11.9 Å². The number of carbonyl (C=O) groups is 1. The molecule has 0 unspecified atom stereocenters. The molecule has 1 aromatic heterocycles. The number of rotatable bonds is 7. The van der Waals surface area contributed by atoms with E-state index in [-0.39, 0.29) is 19.1 Å². The van der Waals surface area contributed by atoms with Gasteiger partial charge in [0.1, 0.15) is 25.3 Å². The zero-order valence-corrected chi connectivity index (χ0v) is 13.0. The van der Waals surface area contributed by atoms with Crippen LogP contribution in [-0.2, 0) is 22.6 Å². The largest absolute Gasteiger partial charge is 0.460 e. The summed E-state index contributed by atoms with van der Waals surface area (Å²) < 4.78 is 5.20. The first kappa shape index (κ1) is 15.9. The molecule has 0 fully saturated rings. The second kappa shape index (κ2) is 8.12. The van der Waals surface area contributed by atoms with Gasteiger partial charge >= 0.3 is 5.97 Å². The fourth-order valence-electron chi connectivity index (χ4n) is 1.98. The predicted octanol–water partition coefficient (Wildman–Crippen LogP) is 2.83. The Hall–Kier alpha value is -2.43. The van der Waals surface area contributed by atoms with Gasteiger partial charge in [0.15, 0.2) is 0 Å². The van der Waals surface area contributed by atoms with E-state index in [4.69, 9.17) is 4.74 Å². The van der Waals surface area contributed by atoms with Crippen LogP contribution in [0.3, 0.4) is 0 Å². The Morgan fingerprint density at radius 1 is 1.23 bits per heavy atom. The molecule has 0 saturated carbocycles. The molecule has 0 aliphatic rings. The topological polar surface area (TPSA) is 64.1 Å².